The third-order valence-corrected chi connectivity index (χ3v) is 3.68. The minimum Gasteiger partial charge on any atom is -0.327 e. The molecule has 4 nitrogen and oxygen atoms in total. The van der Waals surface area contributed by atoms with Crippen LogP contribution in [0.1, 0.15) is 20.3 Å². The van der Waals surface area contributed by atoms with Crippen molar-refractivity contribution < 1.29 is 9.18 Å². The molecule has 104 valence electrons. The first kappa shape index (κ1) is 13.8. The number of rotatable bonds is 1. The van der Waals surface area contributed by atoms with E-state index in [1.807, 2.05) is 0 Å². The molecule has 1 aliphatic heterocycles. The Hall–Kier alpha value is -1.62. The largest absolute Gasteiger partial charge is 0.327 e. The van der Waals surface area contributed by atoms with Gasteiger partial charge in [0.1, 0.15) is 5.82 Å². The maximum Gasteiger partial charge on any atom is 0.321 e. The number of carbonyl (C=O) groups excluding carboxylic acids is 1. The van der Waals surface area contributed by atoms with Gasteiger partial charge in [-0.2, -0.15) is 0 Å². The molecule has 0 aliphatic carbocycles. The van der Waals surface area contributed by atoms with Crippen molar-refractivity contribution in [3.05, 3.63) is 30.1 Å². The van der Waals surface area contributed by atoms with Crippen molar-refractivity contribution in [2.75, 3.05) is 18.4 Å². The number of benzene rings is 1. The Labute approximate surface area is 112 Å². The molecular weight excluding hydrogens is 245 g/mol. The van der Waals surface area contributed by atoms with Gasteiger partial charge in [-0.25, -0.2) is 9.18 Å². The van der Waals surface area contributed by atoms with Crippen molar-refractivity contribution in [2.45, 2.75) is 26.3 Å². The van der Waals surface area contributed by atoms with Crippen molar-refractivity contribution in [1.29, 1.82) is 0 Å². The number of nitrogens with zero attached hydrogens (tertiary/aromatic N) is 1. The molecule has 0 radical (unpaired) electrons. The Morgan fingerprint density at radius 3 is 2.89 bits per heavy atom. The molecule has 19 heavy (non-hydrogen) atoms. The monoisotopic (exact) mass is 265 g/mol. The molecule has 0 spiro atoms. The van der Waals surface area contributed by atoms with Crippen LogP contribution in [-0.2, 0) is 0 Å². The van der Waals surface area contributed by atoms with Crippen molar-refractivity contribution in [1.82, 2.24) is 4.90 Å². The second-order valence-corrected chi connectivity index (χ2v) is 5.75. The number of hydrogen-bond donors (Lipinski definition) is 2. The van der Waals surface area contributed by atoms with Gasteiger partial charge in [-0.15, -0.1) is 0 Å². The number of likely N-dealkylation sites (tertiary alicyclic amines) is 1. The number of nitrogens with two attached hydrogens (primary N) is 1. The summed E-state index contributed by atoms with van der Waals surface area (Å²) in [5.74, 6) is -0.362. The van der Waals surface area contributed by atoms with E-state index < -0.39 is 0 Å². The molecule has 0 saturated carbocycles. The highest BCUT2D eigenvalue weighted by molar-refractivity contribution is 5.89. The molecule has 0 aromatic heterocycles. The van der Waals surface area contributed by atoms with E-state index in [-0.39, 0.29) is 23.3 Å². The molecule has 1 aromatic rings. The predicted octanol–water partition coefficient (Wildman–Crippen LogP) is 2.42. The molecule has 1 unspecified atom stereocenters. The van der Waals surface area contributed by atoms with Gasteiger partial charge >= 0.3 is 6.03 Å². The summed E-state index contributed by atoms with van der Waals surface area (Å²) in [7, 11) is 0. The zero-order chi connectivity index (χ0) is 14.0. The van der Waals surface area contributed by atoms with Gasteiger partial charge in [-0.1, -0.05) is 19.9 Å². The second-order valence-electron chi connectivity index (χ2n) is 5.75. The fraction of sp³-hybridized carbons (Fsp3) is 0.500. The fourth-order valence-corrected chi connectivity index (χ4v) is 2.32. The number of carbonyl (C=O) groups is 1. The number of nitrogens with one attached hydrogen (secondary N) is 1. The van der Waals surface area contributed by atoms with Crippen LogP contribution in [0.15, 0.2) is 24.3 Å². The summed E-state index contributed by atoms with van der Waals surface area (Å²) in [6, 6.07) is 5.79. The van der Waals surface area contributed by atoms with E-state index in [1.54, 1.807) is 17.0 Å². The second kappa shape index (κ2) is 5.17. The zero-order valence-electron chi connectivity index (χ0n) is 11.3. The average molecular weight is 265 g/mol. The molecule has 1 atom stereocenters. The van der Waals surface area contributed by atoms with Gasteiger partial charge in [-0.05, 0) is 30.0 Å². The number of piperidine rings is 1. The molecule has 1 aliphatic rings. The smallest absolute Gasteiger partial charge is 0.321 e. The fourth-order valence-electron chi connectivity index (χ4n) is 2.32. The van der Waals surface area contributed by atoms with Crippen LogP contribution in [0.25, 0.3) is 0 Å². The summed E-state index contributed by atoms with van der Waals surface area (Å²) in [5, 5.41) is 2.71. The van der Waals surface area contributed by atoms with E-state index in [0.717, 1.165) is 6.42 Å². The maximum atomic E-state index is 13.1. The highest BCUT2D eigenvalue weighted by Crippen LogP contribution is 2.28. The highest BCUT2D eigenvalue weighted by Gasteiger charge is 2.35. The van der Waals surface area contributed by atoms with Crippen LogP contribution >= 0.6 is 0 Å². The lowest BCUT2D eigenvalue weighted by Gasteiger charge is -2.42. The van der Waals surface area contributed by atoms with E-state index in [0.29, 0.717) is 18.8 Å². The molecule has 1 aromatic carbocycles. The standard InChI is InChI=1S/C14H20FN3O/c1-14(2)9-18(7-6-12(14)16)13(19)17-11-5-3-4-10(15)8-11/h3-5,8,12H,6-7,9,16H2,1-2H3,(H,17,19). The molecule has 1 saturated heterocycles. The van der Waals surface area contributed by atoms with Crippen LogP contribution in [0.4, 0.5) is 14.9 Å². The Morgan fingerprint density at radius 1 is 1.53 bits per heavy atom. The topological polar surface area (TPSA) is 58.4 Å². The normalized spacial score (nSPS) is 22.1. The third kappa shape index (κ3) is 3.23. The van der Waals surface area contributed by atoms with Gasteiger partial charge in [-0.3, -0.25) is 0 Å². The first-order valence-electron chi connectivity index (χ1n) is 6.45. The summed E-state index contributed by atoms with van der Waals surface area (Å²) in [6.45, 7) is 5.35. The van der Waals surface area contributed by atoms with Crippen LogP contribution in [0.2, 0.25) is 0 Å². The lowest BCUT2D eigenvalue weighted by atomic mass is 9.80. The van der Waals surface area contributed by atoms with Gasteiger partial charge in [0.25, 0.3) is 0 Å². The van der Waals surface area contributed by atoms with Crippen molar-refractivity contribution in [3.63, 3.8) is 0 Å². The molecule has 2 amide bonds. The lowest BCUT2D eigenvalue weighted by molar-refractivity contribution is 0.118. The van der Waals surface area contributed by atoms with Crippen molar-refractivity contribution in [2.24, 2.45) is 11.1 Å². The Balaban J connectivity index is 2.01. The number of anilines is 1. The first-order chi connectivity index (χ1) is 8.88. The molecule has 1 fully saturated rings. The van der Waals surface area contributed by atoms with Crippen molar-refractivity contribution >= 4 is 11.7 Å². The van der Waals surface area contributed by atoms with E-state index in [2.05, 4.69) is 19.2 Å². The Morgan fingerprint density at radius 2 is 2.26 bits per heavy atom. The summed E-state index contributed by atoms with van der Waals surface area (Å²) in [4.78, 5) is 13.9. The quantitative estimate of drug-likeness (QED) is 0.819. The van der Waals surface area contributed by atoms with Gasteiger partial charge in [0, 0.05) is 24.8 Å². The molecule has 5 heteroatoms. The van der Waals surface area contributed by atoms with E-state index in [4.69, 9.17) is 5.73 Å². The zero-order valence-corrected chi connectivity index (χ0v) is 11.3. The van der Waals surface area contributed by atoms with Crippen molar-refractivity contribution in [3.8, 4) is 0 Å². The molecule has 1 heterocycles. The summed E-state index contributed by atoms with van der Waals surface area (Å²) in [5.41, 5.74) is 6.41. The van der Waals surface area contributed by atoms with Crippen LogP contribution in [0.3, 0.4) is 0 Å². The molecular formula is C14H20FN3O. The van der Waals surface area contributed by atoms with E-state index >= 15 is 0 Å². The summed E-state index contributed by atoms with van der Waals surface area (Å²) >= 11 is 0. The van der Waals surface area contributed by atoms with E-state index in [1.165, 1.54) is 12.1 Å². The van der Waals surface area contributed by atoms with Gasteiger partial charge in [0.05, 0.1) is 0 Å². The van der Waals surface area contributed by atoms with Gasteiger partial charge in [0.2, 0.25) is 0 Å². The lowest BCUT2D eigenvalue weighted by Crippen LogP contribution is -2.54. The molecule has 0 bridgehead atoms. The summed E-state index contributed by atoms with van der Waals surface area (Å²) in [6.07, 6.45) is 0.781. The highest BCUT2D eigenvalue weighted by atomic mass is 19.1. The number of urea groups is 1. The first-order valence-corrected chi connectivity index (χ1v) is 6.45. The van der Waals surface area contributed by atoms with Gasteiger partial charge < -0.3 is 16.0 Å². The van der Waals surface area contributed by atoms with Crippen LogP contribution in [0, 0.1) is 11.2 Å². The third-order valence-electron chi connectivity index (χ3n) is 3.68. The predicted molar refractivity (Wildman–Crippen MR) is 73.4 cm³/mol. The van der Waals surface area contributed by atoms with Crippen LogP contribution in [-0.4, -0.2) is 30.1 Å². The number of amides is 2. The minimum absolute atomic E-state index is 0.0997. The SMILES string of the molecule is CC1(C)CN(C(=O)Nc2cccc(F)c2)CCC1N. The summed E-state index contributed by atoms with van der Waals surface area (Å²) < 4.78 is 13.1. The Kier molecular flexibility index (Phi) is 3.75. The van der Waals surface area contributed by atoms with Crippen LogP contribution < -0.4 is 11.1 Å². The Bertz CT molecular complexity index is 476. The number of hydrogen-bond acceptors (Lipinski definition) is 2. The number of halogens is 1. The maximum absolute atomic E-state index is 13.1. The van der Waals surface area contributed by atoms with Crippen LogP contribution in [0.5, 0.6) is 0 Å². The molecule has 2 rings (SSSR count). The average Bonchev–Trinajstić information content (AvgIpc) is 2.32. The van der Waals surface area contributed by atoms with E-state index in [9.17, 15) is 9.18 Å². The van der Waals surface area contributed by atoms with Gasteiger partial charge in [0.15, 0.2) is 0 Å². The minimum atomic E-state index is -0.362. The molecule has 3 N–H and O–H groups in total.